The van der Waals surface area contributed by atoms with Crippen molar-refractivity contribution in [2.75, 3.05) is 7.11 Å². The Morgan fingerprint density at radius 3 is 1.55 bits per heavy atom. The molecule has 1 fully saturated rings. The van der Waals surface area contributed by atoms with Gasteiger partial charge in [0, 0.05) is 6.54 Å². The molecule has 1 aliphatic carbocycles. The monoisotopic (exact) mass is 595 g/mol. The molecule has 0 unspecified atom stereocenters. The number of hydrogen-bond donors (Lipinski definition) is 1. The van der Waals surface area contributed by atoms with Gasteiger partial charge in [0.25, 0.3) is 0 Å². The zero-order chi connectivity index (χ0) is 30.7. The van der Waals surface area contributed by atoms with Crippen LogP contribution in [-0.4, -0.2) is 53.8 Å². The van der Waals surface area contributed by atoms with Crippen LogP contribution in [0.2, 0.25) is 0 Å². The maximum absolute atomic E-state index is 12.9. The van der Waals surface area contributed by atoms with Crippen LogP contribution in [0.1, 0.15) is 22.3 Å². The molecule has 1 saturated carbocycles. The summed E-state index contributed by atoms with van der Waals surface area (Å²) in [4.78, 5) is 27.1. The summed E-state index contributed by atoms with van der Waals surface area (Å²) >= 11 is 0. The maximum atomic E-state index is 12.9. The summed E-state index contributed by atoms with van der Waals surface area (Å²) in [6.45, 7) is 0.715. The SMILES string of the molecule is COc1ccc(CN(C(=O)O)[C@H]2[C@@H](C=O)[C@@H](OCc3ccccc3)[C@H](OCc3ccccc3)[C@@H]2OCc2ccccc2)cc1. The van der Waals surface area contributed by atoms with Gasteiger partial charge >= 0.3 is 6.09 Å². The Bertz CT molecular complexity index is 1450. The Labute approximate surface area is 257 Å². The third-order valence-electron chi connectivity index (χ3n) is 7.89. The number of amides is 1. The van der Waals surface area contributed by atoms with E-state index < -0.39 is 36.4 Å². The number of hydrogen-bond acceptors (Lipinski definition) is 6. The van der Waals surface area contributed by atoms with Crippen LogP contribution in [0.5, 0.6) is 5.75 Å². The van der Waals surface area contributed by atoms with Crippen LogP contribution in [-0.2, 0) is 45.4 Å². The van der Waals surface area contributed by atoms with Gasteiger partial charge in [0.05, 0.1) is 45.0 Å². The highest BCUT2D eigenvalue weighted by Crippen LogP contribution is 2.38. The first-order valence-corrected chi connectivity index (χ1v) is 14.6. The minimum absolute atomic E-state index is 0.0380. The third kappa shape index (κ3) is 7.71. The van der Waals surface area contributed by atoms with Gasteiger partial charge in [-0.3, -0.25) is 4.90 Å². The zero-order valence-electron chi connectivity index (χ0n) is 24.6. The van der Waals surface area contributed by atoms with Gasteiger partial charge in [-0.1, -0.05) is 103 Å². The second kappa shape index (κ2) is 15.3. The summed E-state index contributed by atoms with van der Waals surface area (Å²) in [7, 11) is 1.58. The van der Waals surface area contributed by atoms with Crippen LogP contribution in [0.25, 0.3) is 0 Å². The summed E-state index contributed by atoms with van der Waals surface area (Å²) < 4.78 is 24.8. The largest absolute Gasteiger partial charge is 0.497 e. The van der Waals surface area contributed by atoms with E-state index in [1.165, 1.54) is 4.90 Å². The standard InChI is InChI=1S/C36H37NO7/c1-41-30-19-17-26(18-20-30)21-37(36(39)40)32-31(22-38)33(42-23-27-11-5-2-6-12-27)35(44-25-29-15-9-4-10-16-29)34(32)43-24-28-13-7-3-8-14-28/h2-20,22,31-35H,21,23-25H2,1H3,(H,39,40)/t31-,32+,33-,34-,35+/m1/s1. The number of rotatable bonds is 14. The summed E-state index contributed by atoms with van der Waals surface area (Å²) in [5, 5.41) is 10.5. The van der Waals surface area contributed by atoms with E-state index in [4.69, 9.17) is 18.9 Å². The van der Waals surface area contributed by atoms with E-state index in [9.17, 15) is 14.7 Å². The van der Waals surface area contributed by atoms with Crippen LogP contribution in [0.4, 0.5) is 4.79 Å². The van der Waals surface area contributed by atoms with Crippen molar-refractivity contribution in [3.63, 3.8) is 0 Å². The Morgan fingerprint density at radius 1 is 0.659 bits per heavy atom. The molecule has 8 heteroatoms. The lowest BCUT2D eigenvalue weighted by atomic mass is 10.0. The highest BCUT2D eigenvalue weighted by molar-refractivity contribution is 5.68. The van der Waals surface area contributed by atoms with Gasteiger partial charge in [0.2, 0.25) is 0 Å². The molecule has 228 valence electrons. The molecule has 0 saturated heterocycles. The average Bonchev–Trinajstić information content (AvgIpc) is 3.37. The van der Waals surface area contributed by atoms with Gasteiger partial charge < -0.3 is 28.8 Å². The molecule has 4 aromatic carbocycles. The molecular formula is C36H37NO7. The number of carboxylic acid groups (broad SMARTS) is 1. The summed E-state index contributed by atoms with van der Waals surface area (Å²) in [6.07, 6.45) is -2.68. The van der Waals surface area contributed by atoms with Crippen LogP contribution in [0.3, 0.4) is 0 Å². The van der Waals surface area contributed by atoms with Crippen LogP contribution in [0, 0.1) is 5.92 Å². The highest BCUT2D eigenvalue weighted by Gasteiger charge is 2.56. The minimum atomic E-state index is -1.17. The summed E-state index contributed by atoms with van der Waals surface area (Å²) in [6, 6.07) is 35.3. The first kappa shape index (κ1) is 30.9. The van der Waals surface area contributed by atoms with E-state index in [0.717, 1.165) is 28.5 Å². The molecule has 0 bridgehead atoms. The van der Waals surface area contributed by atoms with E-state index >= 15 is 0 Å². The predicted octanol–water partition coefficient (Wildman–Crippen LogP) is 6.13. The zero-order valence-corrected chi connectivity index (χ0v) is 24.6. The minimum Gasteiger partial charge on any atom is -0.497 e. The fraction of sp³-hybridized carbons (Fsp3) is 0.278. The molecule has 0 aliphatic heterocycles. The van der Waals surface area contributed by atoms with Gasteiger partial charge in [-0.25, -0.2) is 4.79 Å². The van der Waals surface area contributed by atoms with Crippen LogP contribution in [0.15, 0.2) is 115 Å². The summed E-state index contributed by atoms with van der Waals surface area (Å²) in [5.41, 5.74) is 3.53. The maximum Gasteiger partial charge on any atom is 0.407 e. The lowest BCUT2D eigenvalue weighted by Gasteiger charge is -2.34. The van der Waals surface area contributed by atoms with E-state index in [-0.39, 0.29) is 26.4 Å². The number of carbonyl (C=O) groups excluding carboxylic acids is 1. The second-order valence-electron chi connectivity index (χ2n) is 10.7. The molecular weight excluding hydrogens is 558 g/mol. The molecule has 0 aromatic heterocycles. The molecule has 1 amide bonds. The topological polar surface area (TPSA) is 94.5 Å². The molecule has 1 aliphatic rings. The van der Waals surface area contributed by atoms with Crippen molar-refractivity contribution in [3.8, 4) is 5.75 Å². The molecule has 5 rings (SSSR count). The Balaban J connectivity index is 1.51. The van der Waals surface area contributed by atoms with E-state index in [0.29, 0.717) is 5.75 Å². The highest BCUT2D eigenvalue weighted by atomic mass is 16.6. The van der Waals surface area contributed by atoms with Gasteiger partial charge in [-0.15, -0.1) is 0 Å². The van der Waals surface area contributed by atoms with E-state index in [1.807, 2.05) is 103 Å². The smallest absolute Gasteiger partial charge is 0.407 e. The predicted molar refractivity (Wildman–Crippen MR) is 165 cm³/mol. The Kier molecular flexibility index (Phi) is 10.8. The van der Waals surface area contributed by atoms with Crippen LogP contribution < -0.4 is 4.74 Å². The van der Waals surface area contributed by atoms with Crippen molar-refractivity contribution in [2.24, 2.45) is 5.92 Å². The van der Waals surface area contributed by atoms with Crippen molar-refractivity contribution >= 4 is 12.4 Å². The number of benzene rings is 4. The first-order valence-electron chi connectivity index (χ1n) is 14.6. The molecule has 8 nitrogen and oxygen atoms in total. The third-order valence-corrected chi connectivity index (χ3v) is 7.89. The first-order chi connectivity index (χ1) is 21.6. The second-order valence-corrected chi connectivity index (χ2v) is 10.7. The molecule has 5 atom stereocenters. The van der Waals surface area contributed by atoms with Crippen molar-refractivity contribution in [3.05, 3.63) is 138 Å². The number of aldehydes is 1. The molecule has 0 heterocycles. The Hall–Kier alpha value is -4.50. The number of carbonyl (C=O) groups is 2. The number of ether oxygens (including phenoxy) is 4. The number of methoxy groups -OCH3 is 1. The average molecular weight is 596 g/mol. The van der Waals surface area contributed by atoms with Gasteiger partial charge in [0.1, 0.15) is 24.2 Å². The van der Waals surface area contributed by atoms with E-state index in [1.54, 1.807) is 19.2 Å². The molecule has 44 heavy (non-hydrogen) atoms. The van der Waals surface area contributed by atoms with Gasteiger partial charge in [0.15, 0.2) is 0 Å². The van der Waals surface area contributed by atoms with E-state index in [2.05, 4.69) is 0 Å². The lowest BCUT2D eigenvalue weighted by Crippen LogP contribution is -2.50. The quantitative estimate of drug-likeness (QED) is 0.175. The normalized spacial score (nSPS) is 21.1. The van der Waals surface area contributed by atoms with Crippen molar-refractivity contribution in [2.45, 2.75) is 50.7 Å². The van der Waals surface area contributed by atoms with Gasteiger partial charge in [-0.05, 0) is 34.4 Å². The van der Waals surface area contributed by atoms with Crippen LogP contribution >= 0.6 is 0 Å². The molecule has 0 spiro atoms. The molecule has 4 aromatic rings. The van der Waals surface area contributed by atoms with Gasteiger partial charge in [-0.2, -0.15) is 0 Å². The number of nitrogens with zero attached hydrogens (tertiary/aromatic N) is 1. The molecule has 1 N–H and O–H groups in total. The summed E-state index contributed by atoms with van der Waals surface area (Å²) in [5.74, 6) is -0.190. The fourth-order valence-electron chi connectivity index (χ4n) is 5.67. The fourth-order valence-corrected chi connectivity index (χ4v) is 5.67. The molecule has 0 radical (unpaired) electrons. The van der Waals surface area contributed by atoms with Crippen molar-refractivity contribution in [1.29, 1.82) is 0 Å². The lowest BCUT2D eigenvalue weighted by molar-refractivity contribution is -0.134. The van der Waals surface area contributed by atoms with Crippen molar-refractivity contribution < 1.29 is 33.6 Å². The van der Waals surface area contributed by atoms with Crippen molar-refractivity contribution in [1.82, 2.24) is 4.90 Å². The Morgan fingerprint density at radius 2 is 1.11 bits per heavy atom.